The third-order valence-corrected chi connectivity index (χ3v) is 14.4. The Morgan fingerprint density at radius 1 is 0.313 bits per heavy atom. The van der Waals surface area contributed by atoms with Gasteiger partial charge in [0.05, 0.1) is 13.1 Å². The Labute approximate surface area is 397 Å². The number of unbranched alkanes of at least 4 members (excludes halogenated alkanes) is 2. The number of nitrogens with zero attached hydrogens (tertiary/aromatic N) is 1. The first-order valence-electron chi connectivity index (χ1n) is 24.6. The van der Waals surface area contributed by atoms with Crippen molar-refractivity contribution in [1.29, 1.82) is 0 Å². The van der Waals surface area contributed by atoms with Crippen LogP contribution in [0.5, 0.6) is 0 Å². The predicted molar refractivity (Wildman–Crippen MR) is 287 cm³/mol. The Morgan fingerprint density at radius 2 is 0.612 bits per heavy atom. The number of hydrogen-bond donors (Lipinski definition) is 0. The molecular weight excluding hydrogens is 807 g/mol. The Kier molecular flexibility index (Phi) is 11.7. The second-order valence-corrected chi connectivity index (χ2v) is 18.9. The molecule has 326 valence electrons. The predicted octanol–water partition coefficient (Wildman–Crippen LogP) is 18.1. The van der Waals surface area contributed by atoms with Gasteiger partial charge in [-0.25, -0.2) is 0 Å². The number of hydrogen-bond acceptors (Lipinski definition) is 0. The fourth-order valence-electron chi connectivity index (χ4n) is 11.1. The lowest BCUT2D eigenvalue weighted by Gasteiger charge is -2.39. The highest BCUT2D eigenvalue weighted by atomic mass is 15.3. The van der Waals surface area contributed by atoms with E-state index in [9.17, 15) is 0 Å². The molecule has 67 heavy (non-hydrogen) atoms. The second kappa shape index (κ2) is 18.5. The molecule has 1 heteroatoms. The minimum Gasteiger partial charge on any atom is -0.316 e. The average molecular weight is 865 g/mol. The normalized spacial score (nSPS) is 13.0. The first-order chi connectivity index (χ1) is 33.1. The Hall–Kier alpha value is -7.32. The summed E-state index contributed by atoms with van der Waals surface area (Å²) in [6, 6.07) is 82.0. The van der Waals surface area contributed by atoms with Crippen LogP contribution in [0.4, 0.5) is 0 Å². The van der Waals surface area contributed by atoms with Crippen molar-refractivity contribution in [2.24, 2.45) is 0 Å². The molecule has 0 saturated carbocycles. The molecule has 0 bridgehead atoms. The molecule has 1 aliphatic rings. The van der Waals surface area contributed by atoms with E-state index in [-0.39, 0.29) is 0 Å². The van der Waals surface area contributed by atoms with Crippen LogP contribution in [-0.4, -0.2) is 17.6 Å². The van der Waals surface area contributed by atoms with Gasteiger partial charge < -0.3 is 4.48 Å². The Morgan fingerprint density at radius 3 is 0.940 bits per heavy atom. The highest BCUT2D eigenvalue weighted by molar-refractivity contribution is 6.12. The van der Waals surface area contributed by atoms with E-state index in [1.54, 1.807) is 0 Å². The molecule has 0 aliphatic carbocycles. The zero-order chi connectivity index (χ0) is 45.2. The van der Waals surface area contributed by atoms with Crippen molar-refractivity contribution in [3.8, 4) is 77.9 Å². The maximum Gasteiger partial charge on any atom is 0.106 e. The molecule has 1 heterocycles. The van der Waals surface area contributed by atoms with Crippen molar-refractivity contribution in [2.45, 2.75) is 52.6 Å². The van der Waals surface area contributed by atoms with Gasteiger partial charge in [-0.2, -0.15) is 0 Å². The quantitative estimate of drug-likeness (QED) is 0.107. The van der Waals surface area contributed by atoms with Gasteiger partial charge in [-0.05, 0) is 150 Å². The van der Waals surface area contributed by atoms with Gasteiger partial charge in [-0.15, -0.1) is 0 Å². The fraction of sp³-hybridized carbons (Fsp3) is 0.152. The van der Waals surface area contributed by atoms with Crippen LogP contribution >= 0.6 is 0 Å². The largest absolute Gasteiger partial charge is 0.316 e. The third kappa shape index (κ3) is 8.30. The third-order valence-electron chi connectivity index (χ3n) is 14.4. The fourth-order valence-corrected chi connectivity index (χ4v) is 11.1. The summed E-state index contributed by atoms with van der Waals surface area (Å²) in [5, 5.41) is 5.23. The molecule has 0 amide bonds. The summed E-state index contributed by atoms with van der Waals surface area (Å²) in [6.07, 6.45) is 4.70. The molecule has 0 N–H and O–H groups in total. The number of fused-ring (bicyclic) bond motifs is 7. The van der Waals surface area contributed by atoms with Crippen LogP contribution in [0.3, 0.4) is 0 Å². The molecule has 10 aromatic carbocycles. The Bertz CT molecular complexity index is 3010. The van der Waals surface area contributed by atoms with Crippen LogP contribution < -0.4 is 0 Å². The number of rotatable bonds is 12. The summed E-state index contributed by atoms with van der Waals surface area (Å²) in [5.41, 5.74) is 20.9. The molecule has 0 spiro atoms. The molecule has 10 aromatic rings. The van der Waals surface area contributed by atoms with E-state index in [0.29, 0.717) is 0 Å². The summed E-state index contributed by atoms with van der Waals surface area (Å²) in [7, 11) is 0. The van der Waals surface area contributed by atoms with Crippen LogP contribution in [0.25, 0.3) is 99.4 Å². The average Bonchev–Trinajstić information content (AvgIpc) is 3.55. The van der Waals surface area contributed by atoms with Crippen LogP contribution in [-0.2, 0) is 13.1 Å². The number of benzene rings is 10. The van der Waals surface area contributed by atoms with Crippen molar-refractivity contribution < 1.29 is 4.48 Å². The van der Waals surface area contributed by atoms with Gasteiger partial charge in [0.2, 0.25) is 0 Å². The molecule has 1 nitrogen and oxygen atoms in total. The molecular formula is C66H58N+. The molecule has 0 radical (unpaired) electrons. The minimum atomic E-state index is 0.966. The van der Waals surface area contributed by atoms with E-state index in [2.05, 4.69) is 232 Å². The van der Waals surface area contributed by atoms with E-state index in [4.69, 9.17) is 0 Å². The van der Waals surface area contributed by atoms with Gasteiger partial charge in [-0.3, -0.25) is 0 Å². The lowest BCUT2D eigenvalue weighted by atomic mass is 9.81. The van der Waals surface area contributed by atoms with Gasteiger partial charge in [0.15, 0.2) is 0 Å². The highest BCUT2D eigenvalue weighted by Crippen LogP contribution is 2.51. The van der Waals surface area contributed by atoms with E-state index in [0.717, 1.165) is 30.7 Å². The van der Waals surface area contributed by atoms with Crippen molar-refractivity contribution >= 4 is 21.5 Å². The maximum absolute atomic E-state index is 2.54. The topological polar surface area (TPSA) is 0 Å². The first-order valence-corrected chi connectivity index (χ1v) is 24.6. The molecule has 0 aromatic heterocycles. The second-order valence-electron chi connectivity index (χ2n) is 18.9. The van der Waals surface area contributed by atoms with Gasteiger partial charge in [0, 0.05) is 22.3 Å². The standard InChI is InChI=1S/C66H58N/c1-3-5-35-67(36-6-4-2)45-63-61(57-39-53(47-23-11-7-12-24-47)37-54(40-57)48-25-13-8-14-26-48)43-51-31-19-21-33-59(51)65(63)66-60-34-22-20-32-52(60)44-62(64(66)46-67)58-41-55(49-27-15-9-16-28-49)38-56(42-58)50-29-17-10-18-30-50/h7-34,37-44H,3-6,35-36,45-46H2,1-2H3/q+1. The van der Waals surface area contributed by atoms with E-state index in [1.165, 1.54) is 136 Å². The van der Waals surface area contributed by atoms with Gasteiger partial charge in [0.25, 0.3) is 0 Å². The van der Waals surface area contributed by atoms with Crippen molar-refractivity contribution in [3.63, 3.8) is 0 Å². The van der Waals surface area contributed by atoms with Crippen LogP contribution in [0.2, 0.25) is 0 Å². The molecule has 0 unspecified atom stereocenters. The summed E-state index contributed by atoms with van der Waals surface area (Å²) >= 11 is 0. The zero-order valence-electron chi connectivity index (χ0n) is 38.9. The molecule has 0 atom stereocenters. The summed E-state index contributed by atoms with van der Waals surface area (Å²) < 4.78 is 1.02. The van der Waals surface area contributed by atoms with Crippen molar-refractivity contribution in [2.75, 3.05) is 13.1 Å². The summed E-state index contributed by atoms with van der Waals surface area (Å²) in [4.78, 5) is 0. The lowest BCUT2D eigenvalue weighted by molar-refractivity contribution is -0.953. The number of quaternary nitrogens is 1. The van der Waals surface area contributed by atoms with Crippen LogP contribution in [0, 0.1) is 0 Å². The van der Waals surface area contributed by atoms with Crippen LogP contribution in [0.1, 0.15) is 50.7 Å². The van der Waals surface area contributed by atoms with Crippen molar-refractivity contribution in [1.82, 2.24) is 0 Å². The SMILES string of the molecule is CCCC[N+]1(CCCC)Cc2c(-c3cc(-c4ccccc4)cc(-c4ccccc4)c3)cc3ccccc3c2-c2c(c(-c3cc(-c4ccccc4)cc(-c4ccccc4)c3)cc3ccccc23)C1. The molecule has 0 saturated heterocycles. The summed E-state index contributed by atoms with van der Waals surface area (Å²) in [6.45, 7) is 8.93. The lowest BCUT2D eigenvalue weighted by Crippen LogP contribution is -2.47. The first kappa shape index (κ1) is 42.3. The van der Waals surface area contributed by atoms with Gasteiger partial charge in [-0.1, -0.05) is 197 Å². The summed E-state index contributed by atoms with van der Waals surface area (Å²) in [5.74, 6) is 0. The minimum absolute atomic E-state index is 0.966. The monoisotopic (exact) mass is 864 g/mol. The van der Waals surface area contributed by atoms with E-state index < -0.39 is 0 Å². The van der Waals surface area contributed by atoms with Gasteiger partial charge >= 0.3 is 0 Å². The van der Waals surface area contributed by atoms with E-state index in [1.807, 2.05) is 0 Å². The molecule has 0 fully saturated rings. The highest BCUT2D eigenvalue weighted by Gasteiger charge is 2.37. The molecule has 11 rings (SSSR count). The Balaban J connectivity index is 1.27. The maximum atomic E-state index is 2.54. The molecule has 1 aliphatic heterocycles. The van der Waals surface area contributed by atoms with Gasteiger partial charge in [0.1, 0.15) is 13.1 Å². The zero-order valence-corrected chi connectivity index (χ0v) is 38.9. The van der Waals surface area contributed by atoms with E-state index >= 15 is 0 Å². The smallest absolute Gasteiger partial charge is 0.106 e. The van der Waals surface area contributed by atoms with Crippen LogP contribution in [0.15, 0.2) is 218 Å². The van der Waals surface area contributed by atoms with Crippen molar-refractivity contribution in [3.05, 3.63) is 230 Å².